The van der Waals surface area contributed by atoms with Gasteiger partial charge in [-0.1, -0.05) is 5.16 Å². The van der Waals surface area contributed by atoms with Crippen molar-refractivity contribution >= 4 is 5.91 Å². The highest BCUT2D eigenvalue weighted by atomic mass is 16.5. The lowest BCUT2D eigenvalue weighted by Gasteiger charge is -2.32. The third-order valence-corrected chi connectivity index (χ3v) is 4.80. The first-order valence-corrected chi connectivity index (χ1v) is 8.30. The third-order valence-electron chi connectivity index (χ3n) is 4.80. The number of likely N-dealkylation sites (tertiary alicyclic amines) is 1. The normalized spacial score (nSPS) is 16.0. The maximum atomic E-state index is 12.5. The van der Waals surface area contributed by atoms with Crippen LogP contribution in [0.25, 0.3) is 0 Å². The van der Waals surface area contributed by atoms with Crippen molar-refractivity contribution < 1.29 is 9.32 Å². The highest BCUT2D eigenvalue weighted by Gasteiger charge is 2.24. The Bertz CT molecular complexity index is 620. The summed E-state index contributed by atoms with van der Waals surface area (Å²) in [6.45, 7) is 6.42. The van der Waals surface area contributed by atoms with Crippen molar-refractivity contribution in [1.29, 1.82) is 0 Å². The smallest absolute Gasteiger partial charge is 0.227 e. The van der Waals surface area contributed by atoms with Gasteiger partial charge in [-0.2, -0.15) is 5.10 Å². The molecule has 2 aromatic rings. The number of piperidine rings is 1. The van der Waals surface area contributed by atoms with E-state index in [-0.39, 0.29) is 5.91 Å². The number of amides is 1. The van der Waals surface area contributed by atoms with Gasteiger partial charge in [0.15, 0.2) is 0 Å². The predicted octanol–water partition coefficient (Wildman–Crippen LogP) is 2.36. The molecule has 6 heteroatoms. The van der Waals surface area contributed by atoms with Crippen LogP contribution in [0.3, 0.4) is 0 Å². The summed E-state index contributed by atoms with van der Waals surface area (Å²) < 4.78 is 7.12. The first kappa shape index (κ1) is 15.8. The number of aryl methyl sites for hydroxylation is 3. The Balaban J connectivity index is 1.46. The molecule has 0 saturated carbocycles. The number of carbonyl (C=O) groups excluding carboxylic acids is 1. The number of hydrogen-bond acceptors (Lipinski definition) is 4. The summed E-state index contributed by atoms with van der Waals surface area (Å²) in [5, 5.41) is 8.16. The lowest BCUT2D eigenvalue weighted by molar-refractivity contribution is -0.131. The van der Waals surface area contributed by atoms with Crippen LogP contribution in [-0.4, -0.2) is 38.8 Å². The molecule has 1 aliphatic rings. The maximum absolute atomic E-state index is 12.5. The second-order valence-electron chi connectivity index (χ2n) is 6.36. The van der Waals surface area contributed by atoms with Gasteiger partial charge in [0.2, 0.25) is 5.91 Å². The predicted molar refractivity (Wildman–Crippen MR) is 85.8 cm³/mol. The Labute approximate surface area is 136 Å². The topological polar surface area (TPSA) is 64.2 Å². The third kappa shape index (κ3) is 3.81. The first-order chi connectivity index (χ1) is 11.1. The molecule has 1 amide bonds. The van der Waals surface area contributed by atoms with Crippen molar-refractivity contribution in [3.8, 4) is 0 Å². The minimum absolute atomic E-state index is 0.185. The van der Waals surface area contributed by atoms with Crippen LogP contribution in [0.15, 0.2) is 23.0 Å². The second-order valence-corrected chi connectivity index (χ2v) is 6.36. The molecule has 2 aromatic heterocycles. The van der Waals surface area contributed by atoms with E-state index >= 15 is 0 Å². The highest BCUT2D eigenvalue weighted by molar-refractivity contribution is 5.79. The molecule has 0 atom stereocenters. The van der Waals surface area contributed by atoms with E-state index in [1.165, 1.54) is 0 Å². The molecule has 3 rings (SSSR count). The number of aromatic nitrogens is 3. The van der Waals surface area contributed by atoms with Crippen molar-refractivity contribution in [1.82, 2.24) is 19.8 Å². The molecule has 1 aliphatic heterocycles. The van der Waals surface area contributed by atoms with Crippen LogP contribution in [-0.2, 0) is 17.8 Å². The van der Waals surface area contributed by atoms with Crippen molar-refractivity contribution in [3.05, 3.63) is 35.5 Å². The molecule has 124 valence electrons. The summed E-state index contributed by atoms with van der Waals surface area (Å²) >= 11 is 0. The van der Waals surface area contributed by atoms with Gasteiger partial charge in [0.1, 0.15) is 5.76 Å². The van der Waals surface area contributed by atoms with E-state index in [0.29, 0.717) is 12.3 Å². The monoisotopic (exact) mass is 316 g/mol. The first-order valence-electron chi connectivity index (χ1n) is 8.30. The van der Waals surface area contributed by atoms with E-state index in [9.17, 15) is 4.79 Å². The van der Waals surface area contributed by atoms with Crippen LogP contribution in [0.5, 0.6) is 0 Å². The molecule has 6 nitrogen and oxygen atoms in total. The Hall–Kier alpha value is -2.11. The van der Waals surface area contributed by atoms with Gasteiger partial charge in [0.05, 0.1) is 12.1 Å². The Morgan fingerprint density at radius 2 is 2.13 bits per heavy atom. The van der Waals surface area contributed by atoms with Gasteiger partial charge >= 0.3 is 0 Å². The SMILES string of the molecule is Cc1noc(C)c1CC(=O)N1CCC(CCn2cccn2)CC1. The van der Waals surface area contributed by atoms with Crippen molar-refractivity contribution in [2.45, 2.75) is 46.1 Å². The summed E-state index contributed by atoms with van der Waals surface area (Å²) in [6.07, 6.45) is 7.51. The van der Waals surface area contributed by atoms with E-state index in [2.05, 4.69) is 10.3 Å². The van der Waals surface area contributed by atoms with Gasteiger partial charge in [-0.25, -0.2) is 0 Å². The lowest BCUT2D eigenvalue weighted by atomic mass is 9.93. The zero-order chi connectivity index (χ0) is 16.2. The fourth-order valence-corrected chi connectivity index (χ4v) is 3.24. The van der Waals surface area contributed by atoms with Crippen LogP contribution in [0.1, 0.15) is 36.3 Å². The average molecular weight is 316 g/mol. The zero-order valence-electron chi connectivity index (χ0n) is 13.9. The number of nitrogens with zero attached hydrogens (tertiary/aromatic N) is 4. The van der Waals surface area contributed by atoms with Crippen LogP contribution < -0.4 is 0 Å². The van der Waals surface area contributed by atoms with Crippen LogP contribution in [0.4, 0.5) is 0 Å². The Morgan fingerprint density at radius 1 is 1.35 bits per heavy atom. The second kappa shape index (κ2) is 6.98. The molecule has 0 bridgehead atoms. The highest BCUT2D eigenvalue weighted by Crippen LogP contribution is 2.22. The summed E-state index contributed by atoms with van der Waals surface area (Å²) in [7, 11) is 0. The lowest BCUT2D eigenvalue weighted by Crippen LogP contribution is -2.39. The van der Waals surface area contributed by atoms with Gasteiger partial charge < -0.3 is 9.42 Å². The minimum atomic E-state index is 0.185. The van der Waals surface area contributed by atoms with Gasteiger partial charge in [0.25, 0.3) is 0 Å². The van der Waals surface area contributed by atoms with Crippen molar-refractivity contribution in [2.24, 2.45) is 5.92 Å². The molecule has 0 N–H and O–H groups in total. The summed E-state index contributed by atoms with van der Waals surface area (Å²) in [5.41, 5.74) is 1.76. The van der Waals surface area contributed by atoms with Crippen molar-refractivity contribution in [2.75, 3.05) is 13.1 Å². The fourth-order valence-electron chi connectivity index (χ4n) is 3.24. The Kier molecular flexibility index (Phi) is 4.79. The summed E-state index contributed by atoms with van der Waals surface area (Å²) in [4.78, 5) is 14.4. The fraction of sp³-hybridized carbons (Fsp3) is 0.588. The molecular weight excluding hydrogens is 292 g/mol. The molecule has 0 spiro atoms. The van der Waals surface area contributed by atoms with Crippen molar-refractivity contribution in [3.63, 3.8) is 0 Å². The van der Waals surface area contributed by atoms with Gasteiger partial charge in [0, 0.05) is 37.6 Å². The van der Waals surface area contributed by atoms with E-state index in [1.807, 2.05) is 41.9 Å². The Morgan fingerprint density at radius 3 is 2.74 bits per heavy atom. The summed E-state index contributed by atoms with van der Waals surface area (Å²) in [5.74, 6) is 1.62. The standard InChI is InChI=1S/C17H24N4O2/c1-13-16(14(2)23-19-13)12-17(22)20-9-4-15(5-10-20)6-11-21-8-3-7-18-21/h3,7-8,15H,4-6,9-12H2,1-2H3. The van der Waals surface area contributed by atoms with E-state index in [0.717, 1.165) is 55.9 Å². The van der Waals surface area contributed by atoms with E-state index in [1.54, 1.807) is 0 Å². The largest absolute Gasteiger partial charge is 0.361 e. The molecule has 0 aliphatic carbocycles. The van der Waals surface area contributed by atoms with Crippen LogP contribution >= 0.6 is 0 Å². The van der Waals surface area contributed by atoms with Gasteiger partial charge in [-0.15, -0.1) is 0 Å². The number of hydrogen-bond donors (Lipinski definition) is 0. The van der Waals surface area contributed by atoms with Crippen LogP contribution in [0.2, 0.25) is 0 Å². The van der Waals surface area contributed by atoms with Crippen LogP contribution in [0, 0.1) is 19.8 Å². The number of carbonyl (C=O) groups is 1. The maximum Gasteiger partial charge on any atom is 0.227 e. The molecular formula is C17H24N4O2. The molecule has 0 radical (unpaired) electrons. The van der Waals surface area contributed by atoms with E-state index < -0.39 is 0 Å². The van der Waals surface area contributed by atoms with Gasteiger partial charge in [-0.3, -0.25) is 9.48 Å². The van der Waals surface area contributed by atoms with E-state index in [4.69, 9.17) is 4.52 Å². The van der Waals surface area contributed by atoms with Gasteiger partial charge in [-0.05, 0) is 45.1 Å². The minimum Gasteiger partial charge on any atom is -0.361 e. The molecule has 23 heavy (non-hydrogen) atoms. The number of rotatable bonds is 5. The molecule has 0 aromatic carbocycles. The average Bonchev–Trinajstić information content (AvgIpc) is 3.18. The zero-order valence-corrected chi connectivity index (χ0v) is 13.9. The quantitative estimate of drug-likeness (QED) is 0.849. The molecule has 3 heterocycles. The molecule has 1 fully saturated rings. The molecule has 1 saturated heterocycles. The molecule has 0 unspecified atom stereocenters. The summed E-state index contributed by atoms with van der Waals surface area (Å²) in [6, 6.07) is 1.95.